The first-order chi connectivity index (χ1) is 9.54. The normalized spacial score (nSPS) is 12.2. The maximum Gasteiger partial charge on any atom is 0.236 e. The molecule has 1 heterocycles. The van der Waals surface area contributed by atoms with Crippen molar-refractivity contribution >= 4 is 23.6 Å². The third-order valence-electron chi connectivity index (χ3n) is 2.69. The minimum atomic E-state index is -0.260. The summed E-state index contributed by atoms with van der Waals surface area (Å²) in [7, 11) is 0. The van der Waals surface area contributed by atoms with Crippen molar-refractivity contribution in [2.24, 2.45) is 0 Å². The van der Waals surface area contributed by atoms with E-state index in [0.717, 1.165) is 5.56 Å². The topological polar surface area (TPSA) is 55.1 Å². The van der Waals surface area contributed by atoms with Gasteiger partial charge in [0.1, 0.15) is 5.82 Å². The van der Waals surface area contributed by atoms with Crippen LogP contribution in [0.3, 0.4) is 0 Å². The van der Waals surface area contributed by atoms with Gasteiger partial charge in [0, 0.05) is 11.3 Å². The molecule has 0 aliphatic heterocycles. The monoisotopic (exact) mass is 294 g/mol. The van der Waals surface area contributed by atoms with E-state index in [-0.39, 0.29) is 22.7 Å². The van der Waals surface area contributed by atoms with Crippen molar-refractivity contribution in [2.45, 2.75) is 19.1 Å². The van der Waals surface area contributed by atoms with Gasteiger partial charge < -0.3 is 4.52 Å². The largest absolute Gasteiger partial charge is 0.338 e. The zero-order valence-corrected chi connectivity index (χ0v) is 12.0. The fraction of sp³-hybridized carbons (Fsp3) is 0.286. The fourth-order valence-electron chi connectivity index (χ4n) is 1.63. The average Bonchev–Trinajstić information content (AvgIpc) is 2.82. The zero-order chi connectivity index (χ0) is 14.5. The summed E-state index contributed by atoms with van der Waals surface area (Å²) in [6.45, 7) is 3.76. The first kappa shape index (κ1) is 14.6. The van der Waals surface area contributed by atoms with Gasteiger partial charge in [0.25, 0.3) is 0 Å². The predicted molar refractivity (Wildman–Crippen MR) is 77.1 cm³/mol. The number of thioether (sulfide) groups is 1. The number of halogens is 1. The van der Waals surface area contributed by atoms with Crippen LogP contribution in [0.5, 0.6) is 0 Å². The highest BCUT2D eigenvalue weighted by atomic mass is 32.2. The Hall–Kier alpha value is -1.82. The van der Waals surface area contributed by atoms with Crippen LogP contribution in [0.1, 0.15) is 23.4 Å². The molecule has 1 aromatic carbocycles. The smallest absolute Gasteiger partial charge is 0.236 e. The molecule has 6 heteroatoms. The number of anilines is 1. The molecule has 1 N–H and O–H groups in total. The predicted octanol–water partition coefficient (Wildman–Crippen LogP) is 3.56. The molecule has 106 valence electrons. The molecule has 1 amide bonds. The van der Waals surface area contributed by atoms with Crippen molar-refractivity contribution in [3.63, 3.8) is 0 Å². The maximum atomic E-state index is 12.8. The Morgan fingerprint density at radius 1 is 1.45 bits per heavy atom. The highest BCUT2D eigenvalue weighted by Crippen LogP contribution is 2.28. The minimum absolute atomic E-state index is 0.109. The molecule has 2 aromatic rings. The molecule has 20 heavy (non-hydrogen) atoms. The van der Waals surface area contributed by atoms with Crippen LogP contribution in [0, 0.1) is 12.7 Å². The van der Waals surface area contributed by atoms with Gasteiger partial charge in [-0.15, -0.1) is 11.8 Å². The Balaban J connectivity index is 1.82. The van der Waals surface area contributed by atoms with E-state index in [0.29, 0.717) is 11.6 Å². The summed E-state index contributed by atoms with van der Waals surface area (Å²) in [5, 5.41) is 6.43. The van der Waals surface area contributed by atoms with E-state index < -0.39 is 0 Å². The van der Waals surface area contributed by atoms with Crippen molar-refractivity contribution in [1.29, 1.82) is 0 Å². The van der Waals surface area contributed by atoms with Crippen molar-refractivity contribution < 1.29 is 13.7 Å². The molecule has 4 nitrogen and oxygen atoms in total. The zero-order valence-electron chi connectivity index (χ0n) is 11.2. The van der Waals surface area contributed by atoms with E-state index in [2.05, 4.69) is 10.5 Å². The van der Waals surface area contributed by atoms with Gasteiger partial charge in [0.05, 0.1) is 11.4 Å². The number of aryl methyl sites for hydroxylation is 1. The Morgan fingerprint density at radius 3 is 2.75 bits per heavy atom. The molecule has 0 aliphatic carbocycles. The summed E-state index contributed by atoms with van der Waals surface area (Å²) in [5.74, 6) is 0.227. The van der Waals surface area contributed by atoms with Crippen LogP contribution in [0.25, 0.3) is 0 Å². The van der Waals surface area contributed by atoms with Gasteiger partial charge in [-0.25, -0.2) is 4.39 Å². The number of amides is 1. The second kappa shape index (κ2) is 6.56. The Kier molecular flexibility index (Phi) is 4.79. The summed E-state index contributed by atoms with van der Waals surface area (Å²) in [5.41, 5.74) is 1.70. The van der Waals surface area contributed by atoms with Crippen LogP contribution < -0.4 is 5.32 Å². The molecule has 0 saturated carbocycles. The Bertz CT molecular complexity index is 583. The van der Waals surface area contributed by atoms with Gasteiger partial charge in [-0.1, -0.05) is 17.3 Å². The van der Waals surface area contributed by atoms with Crippen LogP contribution in [0.4, 0.5) is 10.3 Å². The summed E-state index contributed by atoms with van der Waals surface area (Å²) in [4.78, 5) is 11.7. The van der Waals surface area contributed by atoms with Crippen molar-refractivity contribution in [3.05, 3.63) is 47.4 Å². The summed E-state index contributed by atoms with van der Waals surface area (Å²) < 4.78 is 17.7. The van der Waals surface area contributed by atoms with Crippen LogP contribution >= 0.6 is 11.8 Å². The minimum Gasteiger partial charge on any atom is -0.338 e. The quantitative estimate of drug-likeness (QED) is 0.916. The molecule has 2 rings (SSSR count). The average molecular weight is 294 g/mol. The third-order valence-corrected chi connectivity index (χ3v) is 3.90. The van der Waals surface area contributed by atoms with E-state index in [1.54, 1.807) is 25.1 Å². The number of hydrogen-bond donors (Lipinski definition) is 1. The summed E-state index contributed by atoms with van der Waals surface area (Å²) in [6, 6.07) is 7.95. The van der Waals surface area contributed by atoms with Gasteiger partial charge in [-0.3, -0.25) is 10.1 Å². The van der Waals surface area contributed by atoms with Gasteiger partial charge in [0.15, 0.2) is 0 Å². The standard InChI is InChI=1S/C14H15FN2O2S/c1-9-7-14(19-17-9)16-13(18)8-20-10(2)11-3-5-12(15)6-4-11/h3-7,10H,8H2,1-2H3,(H,16,18)/t10-/m0/s1. The van der Waals surface area contributed by atoms with E-state index in [9.17, 15) is 9.18 Å². The SMILES string of the molecule is Cc1cc(NC(=O)CS[C@@H](C)c2ccc(F)cc2)on1. The molecule has 0 aliphatic rings. The summed E-state index contributed by atoms with van der Waals surface area (Å²) >= 11 is 1.47. The second-order valence-corrected chi connectivity index (χ2v) is 5.71. The van der Waals surface area contributed by atoms with E-state index in [1.807, 2.05) is 6.92 Å². The number of rotatable bonds is 5. The number of nitrogens with one attached hydrogen (secondary N) is 1. The lowest BCUT2D eigenvalue weighted by molar-refractivity contribution is -0.113. The molecule has 0 radical (unpaired) electrons. The van der Waals surface area contributed by atoms with Crippen molar-refractivity contribution in [3.8, 4) is 0 Å². The Morgan fingerprint density at radius 2 is 2.15 bits per heavy atom. The lowest BCUT2D eigenvalue weighted by Gasteiger charge is -2.11. The van der Waals surface area contributed by atoms with Crippen molar-refractivity contribution in [1.82, 2.24) is 5.16 Å². The number of hydrogen-bond acceptors (Lipinski definition) is 4. The fourth-order valence-corrected chi connectivity index (χ4v) is 2.45. The number of carbonyl (C=O) groups is 1. The molecule has 1 aromatic heterocycles. The van der Waals surface area contributed by atoms with E-state index in [1.165, 1.54) is 23.9 Å². The first-order valence-corrected chi connectivity index (χ1v) is 7.19. The molecule has 0 fully saturated rings. The lowest BCUT2D eigenvalue weighted by Crippen LogP contribution is -2.14. The molecular formula is C14H15FN2O2S. The first-order valence-electron chi connectivity index (χ1n) is 6.15. The lowest BCUT2D eigenvalue weighted by atomic mass is 10.2. The maximum absolute atomic E-state index is 12.8. The number of aromatic nitrogens is 1. The molecule has 0 unspecified atom stereocenters. The van der Waals surface area contributed by atoms with Crippen LogP contribution in [-0.4, -0.2) is 16.8 Å². The van der Waals surface area contributed by atoms with E-state index in [4.69, 9.17) is 4.52 Å². The van der Waals surface area contributed by atoms with Crippen molar-refractivity contribution in [2.75, 3.05) is 11.1 Å². The van der Waals surface area contributed by atoms with Crippen LogP contribution in [-0.2, 0) is 4.79 Å². The highest BCUT2D eigenvalue weighted by Gasteiger charge is 2.11. The molecule has 0 bridgehead atoms. The summed E-state index contributed by atoms with van der Waals surface area (Å²) in [6.07, 6.45) is 0. The van der Waals surface area contributed by atoms with Crippen LogP contribution in [0.15, 0.2) is 34.9 Å². The molecule has 1 atom stereocenters. The number of nitrogens with zero attached hydrogens (tertiary/aromatic N) is 1. The molecule has 0 spiro atoms. The van der Waals surface area contributed by atoms with E-state index >= 15 is 0 Å². The molecular weight excluding hydrogens is 279 g/mol. The molecule has 0 saturated heterocycles. The van der Waals surface area contributed by atoms with Gasteiger partial charge in [-0.05, 0) is 31.5 Å². The van der Waals surface area contributed by atoms with Gasteiger partial charge >= 0.3 is 0 Å². The number of benzene rings is 1. The van der Waals surface area contributed by atoms with Crippen LogP contribution in [0.2, 0.25) is 0 Å². The van der Waals surface area contributed by atoms with Gasteiger partial charge in [-0.2, -0.15) is 0 Å². The van der Waals surface area contributed by atoms with Gasteiger partial charge in [0.2, 0.25) is 11.8 Å². The third kappa shape index (κ3) is 4.09. The number of carbonyl (C=O) groups excluding carboxylic acids is 1. The highest BCUT2D eigenvalue weighted by molar-refractivity contribution is 8.00. The second-order valence-electron chi connectivity index (χ2n) is 4.39. The Labute approximate surface area is 120 Å².